The molecule has 78 valence electrons. The molecule has 1 aromatic carbocycles. The van der Waals surface area contributed by atoms with Gasteiger partial charge in [-0.2, -0.15) is 0 Å². The summed E-state index contributed by atoms with van der Waals surface area (Å²) in [6, 6.07) is 7.17. The normalized spacial score (nSPS) is 15.3. The maximum atomic E-state index is 11.0. The average molecular weight is 202 g/mol. The first kappa shape index (κ1) is 9.97. The monoisotopic (exact) mass is 202 g/mol. The summed E-state index contributed by atoms with van der Waals surface area (Å²) >= 11 is 0. The molecule has 1 aliphatic carbocycles. The second-order valence-electron chi connectivity index (χ2n) is 3.90. The van der Waals surface area contributed by atoms with Crippen molar-refractivity contribution in [1.29, 1.82) is 0 Å². The van der Waals surface area contributed by atoms with Crippen LogP contribution in [0, 0.1) is 0 Å². The average Bonchev–Trinajstić information content (AvgIpc) is 2.71. The highest BCUT2D eigenvalue weighted by Gasteiger charge is 2.10. The molecule has 0 unspecified atom stereocenters. The van der Waals surface area contributed by atoms with Crippen LogP contribution in [-0.4, -0.2) is 11.1 Å². The van der Waals surface area contributed by atoms with Crippen molar-refractivity contribution in [3.8, 4) is 0 Å². The summed E-state index contributed by atoms with van der Waals surface area (Å²) < 4.78 is 0. The Labute approximate surface area is 89.2 Å². The van der Waals surface area contributed by atoms with Crippen LogP contribution in [0.1, 0.15) is 41.6 Å². The number of carboxylic acids is 1. The van der Waals surface area contributed by atoms with Crippen LogP contribution in [0.15, 0.2) is 29.8 Å². The van der Waals surface area contributed by atoms with Crippen molar-refractivity contribution in [2.45, 2.75) is 25.7 Å². The second kappa shape index (κ2) is 4.30. The highest BCUT2D eigenvalue weighted by molar-refractivity contribution is 5.92. The second-order valence-corrected chi connectivity index (χ2v) is 3.90. The molecule has 2 heteroatoms. The lowest BCUT2D eigenvalue weighted by Crippen LogP contribution is -1.98. The molecule has 1 fully saturated rings. The quantitative estimate of drug-likeness (QED) is 0.798. The first-order valence-corrected chi connectivity index (χ1v) is 5.29. The predicted molar refractivity (Wildman–Crippen MR) is 59.8 cm³/mol. The smallest absolute Gasteiger partial charge is 0.336 e. The van der Waals surface area contributed by atoms with E-state index in [9.17, 15) is 4.79 Å². The van der Waals surface area contributed by atoms with Gasteiger partial charge in [0.2, 0.25) is 0 Å². The number of rotatable bonds is 2. The van der Waals surface area contributed by atoms with Crippen LogP contribution in [-0.2, 0) is 0 Å². The molecular weight excluding hydrogens is 188 g/mol. The number of benzene rings is 1. The molecular formula is C13H14O2. The fraction of sp³-hybridized carbons (Fsp3) is 0.308. The van der Waals surface area contributed by atoms with Crippen LogP contribution in [0.5, 0.6) is 0 Å². The Bertz CT molecular complexity index is 397. The largest absolute Gasteiger partial charge is 0.478 e. The lowest BCUT2D eigenvalue weighted by molar-refractivity contribution is 0.0696. The number of carbonyl (C=O) groups is 1. The van der Waals surface area contributed by atoms with Gasteiger partial charge in [0.25, 0.3) is 0 Å². The SMILES string of the molecule is O=C(O)c1ccccc1C=C1CCCC1. The van der Waals surface area contributed by atoms with Gasteiger partial charge in [-0.15, -0.1) is 0 Å². The first-order chi connectivity index (χ1) is 7.27. The van der Waals surface area contributed by atoms with Crippen molar-refractivity contribution in [2.24, 2.45) is 0 Å². The number of aromatic carboxylic acids is 1. The van der Waals surface area contributed by atoms with E-state index < -0.39 is 5.97 Å². The topological polar surface area (TPSA) is 37.3 Å². The predicted octanol–water partition coefficient (Wildman–Crippen LogP) is 3.34. The van der Waals surface area contributed by atoms with Gasteiger partial charge in [-0.3, -0.25) is 0 Å². The molecule has 0 atom stereocenters. The molecule has 2 rings (SSSR count). The molecule has 0 radical (unpaired) electrons. The molecule has 0 bridgehead atoms. The van der Waals surface area contributed by atoms with Gasteiger partial charge in [-0.05, 0) is 37.3 Å². The minimum absolute atomic E-state index is 0.400. The molecule has 1 aromatic rings. The van der Waals surface area contributed by atoms with Crippen molar-refractivity contribution < 1.29 is 9.90 Å². The number of allylic oxidation sites excluding steroid dienone is 1. The molecule has 0 saturated heterocycles. The van der Waals surface area contributed by atoms with Crippen LogP contribution < -0.4 is 0 Å². The van der Waals surface area contributed by atoms with E-state index in [4.69, 9.17) is 5.11 Å². The summed E-state index contributed by atoms with van der Waals surface area (Å²) in [6.45, 7) is 0. The molecule has 15 heavy (non-hydrogen) atoms. The van der Waals surface area contributed by atoms with Crippen LogP contribution >= 0.6 is 0 Å². The van der Waals surface area contributed by atoms with Gasteiger partial charge in [0.1, 0.15) is 0 Å². The van der Waals surface area contributed by atoms with E-state index in [1.807, 2.05) is 18.2 Å². The summed E-state index contributed by atoms with van der Waals surface area (Å²) in [7, 11) is 0. The zero-order chi connectivity index (χ0) is 10.7. The Morgan fingerprint density at radius 2 is 1.87 bits per heavy atom. The minimum atomic E-state index is -0.847. The van der Waals surface area contributed by atoms with Crippen molar-refractivity contribution >= 4 is 12.0 Å². The van der Waals surface area contributed by atoms with Gasteiger partial charge >= 0.3 is 5.97 Å². The van der Waals surface area contributed by atoms with Crippen molar-refractivity contribution in [1.82, 2.24) is 0 Å². The van der Waals surface area contributed by atoms with Gasteiger partial charge < -0.3 is 5.11 Å². The zero-order valence-electron chi connectivity index (χ0n) is 8.57. The Morgan fingerprint density at radius 3 is 2.53 bits per heavy atom. The standard InChI is InChI=1S/C13H14O2/c14-13(15)12-8-4-3-7-11(12)9-10-5-1-2-6-10/h3-4,7-9H,1-2,5-6H2,(H,14,15). The van der Waals surface area contributed by atoms with Gasteiger partial charge in [0.15, 0.2) is 0 Å². The fourth-order valence-corrected chi connectivity index (χ4v) is 2.01. The van der Waals surface area contributed by atoms with Gasteiger partial charge in [0, 0.05) is 0 Å². The Hall–Kier alpha value is -1.57. The summed E-state index contributed by atoms with van der Waals surface area (Å²) in [6.07, 6.45) is 6.75. The highest BCUT2D eigenvalue weighted by Crippen LogP contribution is 2.26. The molecule has 1 N–H and O–H groups in total. The molecule has 0 aliphatic heterocycles. The van der Waals surface area contributed by atoms with E-state index in [1.165, 1.54) is 18.4 Å². The fourth-order valence-electron chi connectivity index (χ4n) is 2.01. The number of hydrogen-bond donors (Lipinski definition) is 1. The maximum Gasteiger partial charge on any atom is 0.336 e. The lowest BCUT2D eigenvalue weighted by Gasteiger charge is -2.02. The number of hydrogen-bond acceptors (Lipinski definition) is 1. The minimum Gasteiger partial charge on any atom is -0.478 e. The van der Waals surface area contributed by atoms with Crippen molar-refractivity contribution in [2.75, 3.05) is 0 Å². The maximum absolute atomic E-state index is 11.0. The van der Waals surface area contributed by atoms with Crippen molar-refractivity contribution in [3.63, 3.8) is 0 Å². The molecule has 0 heterocycles. The third kappa shape index (κ3) is 2.27. The van der Waals surface area contributed by atoms with Crippen LogP contribution in [0.4, 0.5) is 0 Å². The van der Waals surface area contributed by atoms with Crippen molar-refractivity contribution in [3.05, 3.63) is 41.0 Å². The van der Waals surface area contributed by atoms with E-state index in [2.05, 4.69) is 0 Å². The van der Waals surface area contributed by atoms with Crippen LogP contribution in [0.2, 0.25) is 0 Å². The molecule has 1 saturated carbocycles. The van der Waals surface area contributed by atoms with E-state index in [0.717, 1.165) is 18.4 Å². The van der Waals surface area contributed by atoms with E-state index in [1.54, 1.807) is 12.1 Å². The summed E-state index contributed by atoms with van der Waals surface area (Å²) in [4.78, 5) is 11.0. The Balaban J connectivity index is 2.34. The third-order valence-electron chi connectivity index (χ3n) is 2.80. The molecule has 0 spiro atoms. The summed E-state index contributed by atoms with van der Waals surface area (Å²) in [5.74, 6) is -0.847. The first-order valence-electron chi connectivity index (χ1n) is 5.29. The van der Waals surface area contributed by atoms with Gasteiger partial charge in [0.05, 0.1) is 5.56 Å². The molecule has 0 amide bonds. The Morgan fingerprint density at radius 1 is 1.20 bits per heavy atom. The molecule has 1 aliphatic rings. The molecule has 0 aromatic heterocycles. The molecule has 2 nitrogen and oxygen atoms in total. The Kier molecular flexibility index (Phi) is 2.86. The summed E-state index contributed by atoms with van der Waals surface area (Å²) in [5, 5.41) is 9.01. The number of carboxylic acid groups (broad SMARTS) is 1. The lowest BCUT2D eigenvalue weighted by atomic mass is 10.0. The highest BCUT2D eigenvalue weighted by atomic mass is 16.4. The van der Waals surface area contributed by atoms with E-state index in [-0.39, 0.29) is 0 Å². The van der Waals surface area contributed by atoms with Gasteiger partial charge in [-0.1, -0.05) is 29.8 Å². The van der Waals surface area contributed by atoms with Gasteiger partial charge in [-0.25, -0.2) is 4.79 Å². The van der Waals surface area contributed by atoms with Crippen LogP contribution in [0.3, 0.4) is 0 Å². The van der Waals surface area contributed by atoms with E-state index in [0.29, 0.717) is 5.56 Å². The van der Waals surface area contributed by atoms with Crippen LogP contribution in [0.25, 0.3) is 6.08 Å². The summed E-state index contributed by atoms with van der Waals surface area (Å²) in [5.41, 5.74) is 2.61. The zero-order valence-corrected chi connectivity index (χ0v) is 8.57. The van der Waals surface area contributed by atoms with E-state index >= 15 is 0 Å². The third-order valence-corrected chi connectivity index (χ3v) is 2.80.